The number of rotatable bonds is 2. The summed E-state index contributed by atoms with van der Waals surface area (Å²) in [7, 11) is 0. The van der Waals surface area contributed by atoms with Crippen molar-refractivity contribution in [1.29, 1.82) is 0 Å². The minimum Gasteiger partial charge on any atom is -0.385 e. The van der Waals surface area contributed by atoms with E-state index in [0.29, 0.717) is 11.8 Å². The van der Waals surface area contributed by atoms with Crippen LogP contribution in [0.15, 0.2) is 18.2 Å². The van der Waals surface area contributed by atoms with Crippen LogP contribution in [-0.4, -0.2) is 5.11 Å². The van der Waals surface area contributed by atoms with E-state index in [1.165, 1.54) is 11.1 Å². The molecule has 0 bridgehead atoms. The average Bonchev–Trinajstić information content (AvgIpc) is 2.10. The maximum Gasteiger partial charge on any atom is 0.0902 e. The Balaban J connectivity index is 2.19. The molecule has 1 saturated carbocycles. The lowest BCUT2D eigenvalue weighted by molar-refractivity contribution is -0.0934. The van der Waals surface area contributed by atoms with E-state index in [1.807, 2.05) is 0 Å². The van der Waals surface area contributed by atoms with Gasteiger partial charge in [0.05, 0.1) is 5.60 Å². The molecule has 1 fully saturated rings. The molecule has 0 spiro atoms. The molecule has 0 radical (unpaired) electrons. The summed E-state index contributed by atoms with van der Waals surface area (Å²) in [5.41, 5.74) is 3.06. The molecule has 1 aromatic carbocycles. The fourth-order valence-corrected chi connectivity index (χ4v) is 2.76. The second kappa shape index (κ2) is 3.89. The van der Waals surface area contributed by atoms with Crippen molar-refractivity contribution in [3.8, 4) is 0 Å². The van der Waals surface area contributed by atoms with E-state index in [4.69, 9.17) is 0 Å². The molecule has 1 heteroatoms. The predicted octanol–water partition coefficient (Wildman–Crippen LogP) is 3.56. The van der Waals surface area contributed by atoms with E-state index in [-0.39, 0.29) is 0 Å². The highest BCUT2D eigenvalue weighted by molar-refractivity contribution is 5.34. The van der Waals surface area contributed by atoms with Gasteiger partial charge in [-0.2, -0.15) is 0 Å². The molecule has 0 aromatic heterocycles. The minimum atomic E-state index is -0.550. The third-order valence-electron chi connectivity index (χ3n) is 3.90. The van der Waals surface area contributed by atoms with Crippen LogP contribution < -0.4 is 0 Å². The average molecular weight is 218 g/mol. The molecule has 2 rings (SSSR count). The zero-order valence-corrected chi connectivity index (χ0v) is 10.7. The third kappa shape index (κ3) is 2.01. The van der Waals surface area contributed by atoms with Crippen molar-refractivity contribution in [3.63, 3.8) is 0 Å². The lowest BCUT2D eigenvalue weighted by Gasteiger charge is -2.46. The van der Waals surface area contributed by atoms with Crippen LogP contribution in [0.2, 0.25) is 0 Å². The van der Waals surface area contributed by atoms with E-state index in [0.717, 1.165) is 18.4 Å². The summed E-state index contributed by atoms with van der Waals surface area (Å²) in [6, 6.07) is 6.42. The smallest absolute Gasteiger partial charge is 0.0902 e. The number of aryl methyl sites for hydroxylation is 2. The number of hydrogen-bond acceptors (Lipinski definition) is 1. The van der Waals surface area contributed by atoms with Gasteiger partial charge in [-0.1, -0.05) is 43.2 Å². The van der Waals surface area contributed by atoms with E-state index in [2.05, 4.69) is 45.9 Å². The monoisotopic (exact) mass is 218 g/mol. The summed E-state index contributed by atoms with van der Waals surface area (Å²) >= 11 is 0. The highest BCUT2D eigenvalue weighted by Gasteiger charge is 2.44. The van der Waals surface area contributed by atoms with E-state index >= 15 is 0 Å². The van der Waals surface area contributed by atoms with Crippen LogP contribution >= 0.6 is 0 Å². The Morgan fingerprint density at radius 3 is 2.06 bits per heavy atom. The maximum absolute atomic E-state index is 10.5. The fraction of sp³-hybridized carbons (Fsp3) is 0.600. The van der Waals surface area contributed by atoms with Crippen molar-refractivity contribution < 1.29 is 5.11 Å². The number of benzene rings is 1. The molecule has 0 unspecified atom stereocenters. The van der Waals surface area contributed by atoms with Crippen LogP contribution in [0.3, 0.4) is 0 Å². The normalized spacial score (nSPS) is 29.2. The van der Waals surface area contributed by atoms with Crippen LogP contribution in [0, 0.1) is 25.7 Å². The molecule has 0 atom stereocenters. The van der Waals surface area contributed by atoms with Gasteiger partial charge in [0, 0.05) is 0 Å². The van der Waals surface area contributed by atoms with Crippen molar-refractivity contribution in [3.05, 3.63) is 34.9 Å². The molecule has 1 nitrogen and oxygen atoms in total. The second-order valence-corrected chi connectivity index (χ2v) is 5.82. The number of hydrogen-bond donors (Lipinski definition) is 1. The van der Waals surface area contributed by atoms with Crippen LogP contribution in [0.1, 0.15) is 43.4 Å². The molecular weight excluding hydrogens is 196 g/mol. The zero-order chi connectivity index (χ0) is 11.9. The van der Waals surface area contributed by atoms with Crippen molar-refractivity contribution in [1.82, 2.24) is 0 Å². The van der Waals surface area contributed by atoms with Gasteiger partial charge in [0.25, 0.3) is 0 Å². The Hall–Kier alpha value is -0.820. The van der Waals surface area contributed by atoms with Crippen molar-refractivity contribution >= 4 is 0 Å². The molecule has 0 heterocycles. The molecule has 1 aliphatic rings. The van der Waals surface area contributed by atoms with Gasteiger partial charge in [-0.05, 0) is 44.1 Å². The predicted molar refractivity (Wildman–Crippen MR) is 67.4 cm³/mol. The van der Waals surface area contributed by atoms with Gasteiger partial charge in [-0.15, -0.1) is 0 Å². The van der Waals surface area contributed by atoms with Gasteiger partial charge in [-0.25, -0.2) is 0 Å². The Labute approximate surface area is 98.5 Å². The Kier molecular flexibility index (Phi) is 2.83. The largest absolute Gasteiger partial charge is 0.385 e. The summed E-state index contributed by atoms with van der Waals surface area (Å²) in [5, 5.41) is 10.5. The minimum absolute atomic E-state index is 0.550. The van der Waals surface area contributed by atoms with Gasteiger partial charge in [-0.3, -0.25) is 0 Å². The lowest BCUT2D eigenvalue weighted by atomic mass is 9.63. The third-order valence-corrected chi connectivity index (χ3v) is 3.90. The highest BCUT2D eigenvalue weighted by Crippen LogP contribution is 2.48. The Morgan fingerprint density at radius 1 is 1.12 bits per heavy atom. The summed E-state index contributed by atoms with van der Waals surface area (Å²) in [6.07, 6.45) is 1.85. The van der Waals surface area contributed by atoms with Crippen molar-refractivity contribution in [2.24, 2.45) is 11.8 Å². The SMILES string of the molecule is Cc1cc(C)cc(C2(O)CC(C(C)C)C2)c1. The van der Waals surface area contributed by atoms with Crippen LogP contribution in [-0.2, 0) is 5.60 Å². The first-order valence-electron chi connectivity index (χ1n) is 6.22. The first-order chi connectivity index (χ1) is 7.40. The Morgan fingerprint density at radius 2 is 1.62 bits per heavy atom. The van der Waals surface area contributed by atoms with Gasteiger partial charge >= 0.3 is 0 Å². The number of aliphatic hydroxyl groups is 1. The molecule has 88 valence electrons. The summed E-state index contributed by atoms with van der Waals surface area (Å²) in [4.78, 5) is 0. The lowest BCUT2D eigenvalue weighted by Crippen LogP contribution is -2.43. The van der Waals surface area contributed by atoms with E-state index < -0.39 is 5.60 Å². The van der Waals surface area contributed by atoms with Crippen LogP contribution in [0.25, 0.3) is 0 Å². The van der Waals surface area contributed by atoms with Crippen LogP contribution in [0.4, 0.5) is 0 Å². The highest BCUT2D eigenvalue weighted by atomic mass is 16.3. The van der Waals surface area contributed by atoms with E-state index in [1.54, 1.807) is 0 Å². The topological polar surface area (TPSA) is 20.2 Å². The first-order valence-corrected chi connectivity index (χ1v) is 6.22. The van der Waals surface area contributed by atoms with E-state index in [9.17, 15) is 5.11 Å². The second-order valence-electron chi connectivity index (χ2n) is 5.82. The maximum atomic E-state index is 10.5. The Bertz CT molecular complexity index is 366. The van der Waals surface area contributed by atoms with Gasteiger partial charge < -0.3 is 5.11 Å². The standard InChI is InChI=1S/C15H22O/c1-10(2)13-8-15(16,9-13)14-6-11(3)5-12(4)7-14/h5-7,10,13,16H,8-9H2,1-4H3. The van der Waals surface area contributed by atoms with Crippen LogP contribution in [0.5, 0.6) is 0 Å². The van der Waals surface area contributed by atoms with Crippen molar-refractivity contribution in [2.75, 3.05) is 0 Å². The summed E-state index contributed by atoms with van der Waals surface area (Å²) in [5.74, 6) is 1.37. The zero-order valence-electron chi connectivity index (χ0n) is 10.7. The fourth-order valence-electron chi connectivity index (χ4n) is 2.76. The summed E-state index contributed by atoms with van der Waals surface area (Å²) < 4.78 is 0. The molecule has 0 amide bonds. The first kappa shape index (κ1) is 11.7. The molecular formula is C15H22O. The molecule has 16 heavy (non-hydrogen) atoms. The molecule has 0 saturated heterocycles. The van der Waals surface area contributed by atoms with Crippen molar-refractivity contribution in [2.45, 2.75) is 46.1 Å². The molecule has 1 N–H and O–H groups in total. The van der Waals surface area contributed by atoms with Gasteiger partial charge in [0.15, 0.2) is 0 Å². The molecule has 0 aliphatic heterocycles. The molecule has 1 aromatic rings. The molecule has 1 aliphatic carbocycles. The van der Waals surface area contributed by atoms with Gasteiger partial charge in [0.1, 0.15) is 0 Å². The van der Waals surface area contributed by atoms with Gasteiger partial charge in [0.2, 0.25) is 0 Å². The summed E-state index contributed by atoms with van der Waals surface area (Å²) in [6.45, 7) is 8.67. The quantitative estimate of drug-likeness (QED) is 0.804.